The van der Waals surface area contributed by atoms with E-state index in [1.165, 1.54) is 12.1 Å². The molecule has 3 rings (SSSR count). The van der Waals surface area contributed by atoms with E-state index >= 15 is 0 Å². The van der Waals surface area contributed by atoms with Crippen molar-refractivity contribution in [1.29, 1.82) is 0 Å². The maximum Gasteiger partial charge on any atom is 0.264 e. The normalized spacial score (nSPS) is 11.0. The molecule has 162 valence electrons. The van der Waals surface area contributed by atoms with Crippen LogP contribution in [0.4, 0.5) is 5.69 Å². The van der Waals surface area contributed by atoms with Crippen molar-refractivity contribution in [3.8, 4) is 5.75 Å². The van der Waals surface area contributed by atoms with Crippen molar-refractivity contribution in [1.82, 2.24) is 5.32 Å². The molecule has 0 heterocycles. The van der Waals surface area contributed by atoms with Crippen LogP contribution in [0.5, 0.6) is 5.75 Å². The predicted molar refractivity (Wildman–Crippen MR) is 122 cm³/mol. The second-order valence-corrected chi connectivity index (χ2v) is 8.97. The van der Waals surface area contributed by atoms with E-state index in [0.717, 1.165) is 21.2 Å². The summed E-state index contributed by atoms with van der Waals surface area (Å²) in [7, 11) is -2.28. The lowest BCUT2D eigenvalue weighted by Crippen LogP contribution is -2.41. The van der Waals surface area contributed by atoms with E-state index in [9.17, 15) is 13.2 Å². The summed E-state index contributed by atoms with van der Waals surface area (Å²) in [6.45, 7) is 1.98. The number of nitrogens with zero attached hydrogens (tertiary/aromatic N) is 1. The van der Waals surface area contributed by atoms with Gasteiger partial charge in [0.2, 0.25) is 5.91 Å². The van der Waals surface area contributed by atoms with Crippen LogP contribution in [0.3, 0.4) is 0 Å². The second kappa shape index (κ2) is 10.1. The number of rotatable bonds is 9. The van der Waals surface area contributed by atoms with Gasteiger partial charge in [-0.3, -0.25) is 9.10 Å². The Labute approximate surface area is 183 Å². The fourth-order valence-corrected chi connectivity index (χ4v) is 4.58. The number of nitrogens with one attached hydrogen (secondary N) is 1. The van der Waals surface area contributed by atoms with Gasteiger partial charge in [-0.15, -0.1) is 0 Å². The third kappa shape index (κ3) is 5.86. The predicted octanol–water partition coefficient (Wildman–Crippen LogP) is 3.56. The van der Waals surface area contributed by atoms with Crippen molar-refractivity contribution in [2.24, 2.45) is 0 Å². The van der Waals surface area contributed by atoms with Crippen LogP contribution in [0.1, 0.15) is 11.1 Å². The number of ether oxygens (including phenoxy) is 1. The van der Waals surface area contributed by atoms with Crippen molar-refractivity contribution in [2.45, 2.75) is 18.2 Å². The minimum atomic E-state index is -3.89. The molecule has 0 aliphatic heterocycles. The van der Waals surface area contributed by atoms with Gasteiger partial charge in [0.15, 0.2) is 0 Å². The molecular formula is C24H26N2O4S. The van der Waals surface area contributed by atoms with Gasteiger partial charge < -0.3 is 10.1 Å². The Morgan fingerprint density at radius 2 is 1.68 bits per heavy atom. The summed E-state index contributed by atoms with van der Waals surface area (Å²) in [4.78, 5) is 12.8. The van der Waals surface area contributed by atoms with Crippen LogP contribution in [0.2, 0.25) is 0 Å². The Balaban J connectivity index is 1.73. The van der Waals surface area contributed by atoms with E-state index < -0.39 is 10.0 Å². The molecule has 3 aromatic carbocycles. The number of benzene rings is 3. The van der Waals surface area contributed by atoms with E-state index in [2.05, 4.69) is 5.32 Å². The number of sulfonamides is 1. The molecule has 0 fully saturated rings. The van der Waals surface area contributed by atoms with Crippen molar-refractivity contribution in [2.75, 3.05) is 24.5 Å². The molecule has 3 aromatic rings. The Morgan fingerprint density at radius 1 is 0.968 bits per heavy atom. The summed E-state index contributed by atoms with van der Waals surface area (Å²) in [5.74, 6) is 0.405. The van der Waals surface area contributed by atoms with Crippen LogP contribution in [-0.4, -0.2) is 34.5 Å². The summed E-state index contributed by atoms with van der Waals surface area (Å²) in [6.07, 6.45) is 0.631. The minimum absolute atomic E-state index is 0.141. The molecule has 0 saturated carbocycles. The smallest absolute Gasteiger partial charge is 0.264 e. The summed E-state index contributed by atoms with van der Waals surface area (Å²) in [5.41, 5.74) is 2.41. The highest BCUT2D eigenvalue weighted by Crippen LogP contribution is 2.24. The fraction of sp³-hybridized carbons (Fsp3) is 0.208. The highest BCUT2D eigenvalue weighted by Gasteiger charge is 2.27. The molecule has 0 aliphatic carbocycles. The molecular weight excluding hydrogens is 412 g/mol. The molecule has 0 aromatic heterocycles. The fourth-order valence-electron chi connectivity index (χ4n) is 3.14. The van der Waals surface area contributed by atoms with Gasteiger partial charge in [0.05, 0.1) is 17.7 Å². The molecule has 0 aliphatic rings. The number of hydrogen-bond acceptors (Lipinski definition) is 4. The summed E-state index contributed by atoms with van der Waals surface area (Å²) < 4.78 is 32.8. The lowest BCUT2D eigenvalue weighted by molar-refractivity contribution is -0.119. The molecule has 0 saturated heterocycles. The number of anilines is 1. The van der Waals surface area contributed by atoms with E-state index in [-0.39, 0.29) is 17.3 Å². The molecule has 7 heteroatoms. The van der Waals surface area contributed by atoms with Gasteiger partial charge in [0, 0.05) is 6.54 Å². The summed E-state index contributed by atoms with van der Waals surface area (Å²) in [6, 6.07) is 22.8. The van der Waals surface area contributed by atoms with Crippen LogP contribution in [0.25, 0.3) is 0 Å². The zero-order valence-corrected chi connectivity index (χ0v) is 18.4. The van der Waals surface area contributed by atoms with Gasteiger partial charge in [-0.25, -0.2) is 8.42 Å². The maximum absolute atomic E-state index is 13.3. The summed E-state index contributed by atoms with van der Waals surface area (Å²) >= 11 is 0. The number of amides is 1. The van der Waals surface area contributed by atoms with E-state index in [4.69, 9.17) is 4.74 Å². The average Bonchev–Trinajstić information content (AvgIpc) is 2.78. The Kier molecular flexibility index (Phi) is 7.31. The van der Waals surface area contributed by atoms with Crippen LogP contribution in [0.15, 0.2) is 83.8 Å². The Bertz CT molecular complexity index is 1110. The first-order valence-electron chi connectivity index (χ1n) is 9.94. The SMILES string of the molecule is COc1ccc(CCNC(=O)CN(c2cccc(C)c2)S(=O)(=O)c2ccccc2)cc1. The van der Waals surface area contributed by atoms with Gasteiger partial charge in [0.1, 0.15) is 12.3 Å². The van der Waals surface area contributed by atoms with Crippen LogP contribution in [0, 0.1) is 6.92 Å². The van der Waals surface area contributed by atoms with Crippen LogP contribution < -0.4 is 14.4 Å². The number of hydrogen-bond donors (Lipinski definition) is 1. The third-order valence-electron chi connectivity index (χ3n) is 4.80. The molecule has 0 radical (unpaired) electrons. The zero-order chi connectivity index (χ0) is 22.3. The topological polar surface area (TPSA) is 75.7 Å². The standard InChI is InChI=1S/C24H26N2O4S/c1-19-7-6-8-21(17-19)26(31(28,29)23-9-4-3-5-10-23)18-24(27)25-16-15-20-11-13-22(30-2)14-12-20/h3-14,17H,15-16,18H2,1-2H3,(H,25,27). The number of methoxy groups -OCH3 is 1. The van der Waals surface area contributed by atoms with Crippen molar-refractivity contribution in [3.63, 3.8) is 0 Å². The number of carbonyl (C=O) groups is 1. The first-order chi connectivity index (χ1) is 14.9. The first kappa shape index (κ1) is 22.4. The highest BCUT2D eigenvalue weighted by molar-refractivity contribution is 7.92. The van der Waals surface area contributed by atoms with Gasteiger partial charge in [-0.05, 0) is 60.9 Å². The Morgan fingerprint density at radius 3 is 2.32 bits per heavy atom. The first-order valence-corrected chi connectivity index (χ1v) is 11.4. The lowest BCUT2D eigenvalue weighted by atomic mass is 10.1. The molecule has 6 nitrogen and oxygen atoms in total. The third-order valence-corrected chi connectivity index (χ3v) is 6.59. The van der Waals surface area contributed by atoms with E-state index in [1.807, 2.05) is 37.3 Å². The number of aryl methyl sites for hydroxylation is 1. The average molecular weight is 439 g/mol. The zero-order valence-electron chi connectivity index (χ0n) is 17.6. The van der Waals surface area contributed by atoms with Crippen molar-refractivity contribution in [3.05, 3.63) is 90.0 Å². The monoisotopic (exact) mass is 438 g/mol. The Hall–Kier alpha value is -3.32. The molecule has 0 spiro atoms. The summed E-state index contributed by atoms with van der Waals surface area (Å²) in [5, 5.41) is 2.82. The van der Waals surface area contributed by atoms with Gasteiger partial charge in [0.25, 0.3) is 10.0 Å². The van der Waals surface area contributed by atoms with Crippen LogP contribution >= 0.6 is 0 Å². The maximum atomic E-state index is 13.3. The quantitative estimate of drug-likeness (QED) is 0.554. The molecule has 1 amide bonds. The molecule has 0 bridgehead atoms. The van der Waals surface area contributed by atoms with Crippen LogP contribution in [-0.2, 0) is 21.2 Å². The second-order valence-electron chi connectivity index (χ2n) is 7.11. The molecule has 0 unspecified atom stereocenters. The lowest BCUT2D eigenvalue weighted by Gasteiger charge is -2.24. The van der Waals surface area contributed by atoms with E-state index in [1.54, 1.807) is 43.5 Å². The molecule has 1 N–H and O–H groups in total. The highest BCUT2D eigenvalue weighted by atomic mass is 32.2. The van der Waals surface area contributed by atoms with Gasteiger partial charge >= 0.3 is 0 Å². The van der Waals surface area contributed by atoms with Crippen molar-refractivity contribution < 1.29 is 17.9 Å². The van der Waals surface area contributed by atoms with Gasteiger partial charge in [-0.1, -0.05) is 42.5 Å². The van der Waals surface area contributed by atoms with Crippen molar-refractivity contribution >= 4 is 21.6 Å². The molecule has 31 heavy (non-hydrogen) atoms. The molecule has 0 atom stereocenters. The number of carbonyl (C=O) groups excluding carboxylic acids is 1. The minimum Gasteiger partial charge on any atom is -0.497 e. The largest absolute Gasteiger partial charge is 0.497 e. The van der Waals surface area contributed by atoms with E-state index in [0.29, 0.717) is 18.7 Å². The van der Waals surface area contributed by atoms with Gasteiger partial charge in [-0.2, -0.15) is 0 Å².